The van der Waals surface area contributed by atoms with Gasteiger partial charge in [-0.15, -0.1) is 0 Å². The average molecular weight is 394 g/mol. The molecule has 5 nitrogen and oxygen atoms in total. The lowest BCUT2D eigenvalue weighted by molar-refractivity contribution is 0.0746. The van der Waals surface area contributed by atoms with E-state index in [-0.39, 0.29) is 5.91 Å². The number of pyridine rings is 1. The lowest BCUT2D eigenvalue weighted by Gasteiger charge is -2.36. The summed E-state index contributed by atoms with van der Waals surface area (Å²) >= 11 is 6.30. The number of benzene rings is 2. The molecule has 0 bridgehead atoms. The van der Waals surface area contributed by atoms with Crippen molar-refractivity contribution in [3.8, 4) is 11.6 Å². The molecule has 0 radical (unpaired) electrons. The molecule has 1 fully saturated rings. The number of nitrogens with zero attached hydrogens (tertiary/aromatic N) is 3. The summed E-state index contributed by atoms with van der Waals surface area (Å²) in [5.74, 6) is 1.10. The second kappa shape index (κ2) is 8.31. The van der Waals surface area contributed by atoms with Crippen LogP contribution in [0.3, 0.4) is 0 Å². The molecule has 0 saturated carbocycles. The smallest absolute Gasteiger partial charge is 0.254 e. The van der Waals surface area contributed by atoms with Gasteiger partial charge in [-0.2, -0.15) is 0 Å². The monoisotopic (exact) mass is 393 g/mol. The van der Waals surface area contributed by atoms with E-state index >= 15 is 0 Å². The number of halogens is 1. The van der Waals surface area contributed by atoms with E-state index < -0.39 is 0 Å². The molecular formula is C22H20ClN3O2. The van der Waals surface area contributed by atoms with E-state index in [1.54, 1.807) is 18.3 Å². The summed E-state index contributed by atoms with van der Waals surface area (Å²) in [7, 11) is 0. The van der Waals surface area contributed by atoms with Gasteiger partial charge in [-0.1, -0.05) is 35.9 Å². The molecule has 142 valence electrons. The number of para-hydroxylation sites is 1. The Morgan fingerprint density at radius 2 is 1.71 bits per heavy atom. The van der Waals surface area contributed by atoms with Crippen molar-refractivity contribution in [1.82, 2.24) is 9.88 Å². The number of ether oxygens (including phenoxy) is 1. The Kier molecular flexibility index (Phi) is 5.44. The average Bonchev–Trinajstić information content (AvgIpc) is 2.75. The summed E-state index contributed by atoms with van der Waals surface area (Å²) in [6, 6.07) is 20.5. The third-order valence-corrected chi connectivity index (χ3v) is 5.02. The third kappa shape index (κ3) is 4.10. The third-order valence-electron chi connectivity index (χ3n) is 4.70. The number of carbonyl (C=O) groups is 1. The summed E-state index contributed by atoms with van der Waals surface area (Å²) in [6.45, 7) is 2.80. The van der Waals surface area contributed by atoms with Gasteiger partial charge < -0.3 is 14.5 Å². The number of amides is 1. The Balaban J connectivity index is 1.41. The number of rotatable bonds is 4. The molecule has 3 aromatic rings. The topological polar surface area (TPSA) is 45.7 Å². The molecule has 0 spiro atoms. The Morgan fingerprint density at radius 3 is 2.46 bits per heavy atom. The lowest BCUT2D eigenvalue weighted by atomic mass is 10.1. The zero-order valence-corrected chi connectivity index (χ0v) is 16.0. The Morgan fingerprint density at radius 1 is 0.929 bits per heavy atom. The van der Waals surface area contributed by atoms with Crippen molar-refractivity contribution in [1.29, 1.82) is 0 Å². The molecule has 4 rings (SSSR count). The predicted octanol–water partition coefficient (Wildman–Crippen LogP) is 4.49. The van der Waals surface area contributed by atoms with Crippen LogP contribution in [-0.2, 0) is 0 Å². The normalized spacial score (nSPS) is 14.0. The highest BCUT2D eigenvalue weighted by Crippen LogP contribution is 2.26. The summed E-state index contributed by atoms with van der Waals surface area (Å²) in [5.41, 5.74) is 1.63. The van der Waals surface area contributed by atoms with Crippen molar-refractivity contribution in [2.45, 2.75) is 0 Å². The van der Waals surface area contributed by atoms with E-state index in [0.717, 1.165) is 23.8 Å². The lowest BCUT2D eigenvalue weighted by Crippen LogP contribution is -2.48. The van der Waals surface area contributed by atoms with Crippen LogP contribution >= 0.6 is 11.6 Å². The van der Waals surface area contributed by atoms with Gasteiger partial charge in [0, 0.05) is 44.0 Å². The van der Waals surface area contributed by atoms with Crippen LogP contribution in [-0.4, -0.2) is 42.0 Å². The van der Waals surface area contributed by atoms with Gasteiger partial charge in [0.1, 0.15) is 5.75 Å². The number of piperazine rings is 1. The van der Waals surface area contributed by atoms with Crippen molar-refractivity contribution in [2.75, 3.05) is 31.1 Å². The fraction of sp³-hybridized carbons (Fsp3) is 0.182. The quantitative estimate of drug-likeness (QED) is 0.655. The second-order valence-electron chi connectivity index (χ2n) is 6.53. The van der Waals surface area contributed by atoms with Gasteiger partial charge in [0.25, 0.3) is 5.91 Å². The van der Waals surface area contributed by atoms with E-state index in [9.17, 15) is 4.79 Å². The minimum atomic E-state index is 0.00489. The number of anilines is 1. The van der Waals surface area contributed by atoms with E-state index in [1.807, 2.05) is 59.5 Å². The van der Waals surface area contributed by atoms with Crippen molar-refractivity contribution in [2.24, 2.45) is 0 Å². The molecule has 1 aromatic heterocycles. The number of aromatic nitrogens is 1. The number of hydrogen-bond acceptors (Lipinski definition) is 4. The minimum Gasteiger partial charge on any atom is -0.439 e. The van der Waals surface area contributed by atoms with Crippen molar-refractivity contribution in [3.63, 3.8) is 0 Å². The largest absolute Gasteiger partial charge is 0.439 e. The van der Waals surface area contributed by atoms with Crippen LogP contribution in [0.1, 0.15) is 10.4 Å². The molecule has 2 heterocycles. The highest BCUT2D eigenvalue weighted by Gasteiger charge is 2.23. The highest BCUT2D eigenvalue weighted by molar-refractivity contribution is 6.33. The second-order valence-corrected chi connectivity index (χ2v) is 6.94. The van der Waals surface area contributed by atoms with Gasteiger partial charge in [0.05, 0.1) is 10.7 Å². The van der Waals surface area contributed by atoms with Crippen LogP contribution in [0.5, 0.6) is 11.6 Å². The van der Waals surface area contributed by atoms with Gasteiger partial charge in [0.15, 0.2) is 0 Å². The van der Waals surface area contributed by atoms with Crippen LogP contribution < -0.4 is 9.64 Å². The molecule has 1 aliphatic rings. The first-order valence-corrected chi connectivity index (χ1v) is 9.56. The molecule has 6 heteroatoms. The molecule has 1 amide bonds. The van der Waals surface area contributed by atoms with Crippen LogP contribution in [0.4, 0.5) is 5.69 Å². The summed E-state index contributed by atoms with van der Waals surface area (Å²) in [6.07, 6.45) is 1.67. The number of carbonyl (C=O) groups excluding carboxylic acids is 1. The van der Waals surface area contributed by atoms with E-state index in [2.05, 4.69) is 9.88 Å². The molecule has 2 aromatic carbocycles. The molecule has 1 saturated heterocycles. The highest BCUT2D eigenvalue weighted by atomic mass is 35.5. The summed E-state index contributed by atoms with van der Waals surface area (Å²) < 4.78 is 5.74. The maximum Gasteiger partial charge on any atom is 0.254 e. The fourth-order valence-electron chi connectivity index (χ4n) is 3.26. The van der Waals surface area contributed by atoms with Gasteiger partial charge in [-0.25, -0.2) is 4.98 Å². The van der Waals surface area contributed by atoms with Gasteiger partial charge in [-0.05, 0) is 36.4 Å². The maximum absolute atomic E-state index is 12.9. The first kappa shape index (κ1) is 18.3. The first-order chi connectivity index (χ1) is 13.7. The van der Waals surface area contributed by atoms with Crippen LogP contribution in [0.25, 0.3) is 0 Å². The molecule has 0 N–H and O–H groups in total. The Hall–Kier alpha value is -3.05. The molecule has 0 unspecified atom stereocenters. The molecular weight excluding hydrogens is 374 g/mol. The molecule has 0 aliphatic carbocycles. The SMILES string of the molecule is O=C(c1cccc(Oc2ccccn2)c1)N1CCN(c2ccccc2Cl)CC1. The molecule has 28 heavy (non-hydrogen) atoms. The van der Waals surface area contributed by atoms with Gasteiger partial charge in [0.2, 0.25) is 5.88 Å². The van der Waals surface area contributed by atoms with Gasteiger partial charge in [-0.3, -0.25) is 4.79 Å². The standard InChI is InChI=1S/C22H20ClN3O2/c23-19-8-1-2-9-20(19)25-12-14-26(15-13-25)22(27)17-6-5-7-18(16-17)28-21-10-3-4-11-24-21/h1-11,16H,12-15H2. The van der Waals surface area contributed by atoms with E-state index in [1.165, 1.54) is 0 Å². The number of hydrogen-bond donors (Lipinski definition) is 0. The summed E-state index contributed by atoms with van der Waals surface area (Å²) in [4.78, 5) is 21.2. The van der Waals surface area contributed by atoms with E-state index in [4.69, 9.17) is 16.3 Å². The zero-order valence-electron chi connectivity index (χ0n) is 15.3. The summed E-state index contributed by atoms with van der Waals surface area (Å²) in [5, 5.41) is 0.738. The molecule has 0 atom stereocenters. The van der Waals surface area contributed by atoms with Crippen molar-refractivity contribution < 1.29 is 9.53 Å². The van der Waals surface area contributed by atoms with Crippen molar-refractivity contribution >= 4 is 23.2 Å². The van der Waals surface area contributed by atoms with Crippen LogP contribution in [0.15, 0.2) is 72.9 Å². The van der Waals surface area contributed by atoms with E-state index in [0.29, 0.717) is 30.3 Å². The predicted molar refractivity (Wildman–Crippen MR) is 110 cm³/mol. The zero-order chi connectivity index (χ0) is 19.3. The van der Waals surface area contributed by atoms with Crippen LogP contribution in [0.2, 0.25) is 5.02 Å². The minimum absolute atomic E-state index is 0.00489. The van der Waals surface area contributed by atoms with Gasteiger partial charge >= 0.3 is 0 Å². The Labute approximate surface area is 169 Å². The Bertz CT molecular complexity index is 957. The first-order valence-electron chi connectivity index (χ1n) is 9.18. The van der Waals surface area contributed by atoms with Crippen LogP contribution in [0, 0.1) is 0 Å². The maximum atomic E-state index is 12.9. The fourth-order valence-corrected chi connectivity index (χ4v) is 3.52. The molecule has 1 aliphatic heterocycles. The van der Waals surface area contributed by atoms with Crippen molar-refractivity contribution in [3.05, 3.63) is 83.5 Å².